The van der Waals surface area contributed by atoms with Gasteiger partial charge in [0.1, 0.15) is 0 Å². The van der Waals surface area contributed by atoms with Gasteiger partial charge in [0.25, 0.3) is 5.91 Å². The van der Waals surface area contributed by atoms with Crippen molar-refractivity contribution in [3.8, 4) is 0 Å². The van der Waals surface area contributed by atoms with Crippen molar-refractivity contribution in [2.24, 2.45) is 0 Å². The van der Waals surface area contributed by atoms with Gasteiger partial charge < -0.3 is 5.32 Å². The number of benzene rings is 1. The summed E-state index contributed by atoms with van der Waals surface area (Å²) in [5, 5.41) is 3.60. The summed E-state index contributed by atoms with van der Waals surface area (Å²) < 4.78 is 0. The number of hydrogen-bond donors (Lipinski definition) is 1. The maximum atomic E-state index is 12.3. The van der Waals surface area contributed by atoms with Crippen molar-refractivity contribution in [3.05, 3.63) is 46.7 Å². The Morgan fingerprint density at radius 3 is 2.52 bits per heavy atom. The molecule has 0 unspecified atom stereocenters. The van der Waals surface area contributed by atoms with E-state index in [-0.39, 0.29) is 16.6 Å². The molecule has 0 aliphatic rings. The first-order valence-electron chi connectivity index (χ1n) is 7.63. The fraction of sp³-hybridized carbons (Fsp3) is 0.353. The maximum absolute atomic E-state index is 12.3. The van der Waals surface area contributed by atoms with Gasteiger partial charge in [-0.25, -0.2) is 9.97 Å². The highest BCUT2D eigenvalue weighted by molar-refractivity contribution is 7.99. The first-order chi connectivity index (χ1) is 11.1. The zero-order chi connectivity index (χ0) is 17.2. The van der Waals surface area contributed by atoms with Crippen molar-refractivity contribution in [1.82, 2.24) is 9.97 Å². The highest BCUT2D eigenvalue weighted by Crippen LogP contribution is 2.20. The second-order valence-electron chi connectivity index (χ2n) is 4.52. The number of thioether (sulfide) groups is 1. The van der Waals surface area contributed by atoms with E-state index >= 15 is 0 Å². The average Bonchev–Trinajstić information content (AvgIpc) is 2.58. The third-order valence-corrected chi connectivity index (χ3v) is 4.03. The molecule has 124 valence electrons. The standard InChI is InChI=1S/C15H16ClN3OS.C2H6/c1-3-8-21-15-17-9-12(16)13(19-15)14(20)18-11-6-4-10(2)5-7-11;1-2/h4-7,9H,3,8H2,1-2H3,(H,18,20);1-2H3. The van der Waals surface area contributed by atoms with E-state index in [1.54, 1.807) is 0 Å². The largest absolute Gasteiger partial charge is 0.321 e. The van der Waals surface area contributed by atoms with Gasteiger partial charge in [-0.15, -0.1) is 0 Å². The Morgan fingerprint density at radius 2 is 1.91 bits per heavy atom. The number of nitrogens with one attached hydrogen (secondary N) is 1. The number of hydrogen-bond acceptors (Lipinski definition) is 4. The van der Waals surface area contributed by atoms with Gasteiger partial charge >= 0.3 is 0 Å². The van der Waals surface area contributed by atoms with Crippen LogP contribution in [-0.2, 0) is 0 Å². The van der Waals surface area contributed by atoms with Gasteiger partial charge in [0.2, 0.25) is 0 Å². The molecule has 0 radical (unpaired) electrons. The lowest BCUT2D eigenvalue weighted by Gasteiger charge is -2.07. The smallest absolute Gasteiger partial charge is 0.275 e. The number of rotatable bonds is 5. The Balaban J connectivity index is 0.00000127. The lowest BCUT2D eigenvalue weighted by atomic mass is 10.2. The topological polar surface area (TPSA) is 54.9 Å². The van der Waals surface area contributed by atoms with Crippen molar-refractivity contribution in [2.45, 2.75) is 39.3 Å². The quantitative estimate of drug-likeness (QED) is 0.592. The third-order valence-electron chi connectivity index (χ3n) is 2.68. The fourth-order valence-corrected chi connectivity index (χ4v) is 2.45. The predicted octanol–water partition coefficient (Wildman–Crippen LogP) is 5.22. The number of aromatic nitrogens is 2. The summed E-state index contributed by atoms with van der Waals surface area (Å²) in [6.45, 7) is 8.07. The van der Waals surface area contributed by atoms with Crippen LogP contribution in [0.1, 0.15) is 43.2 Å². The number of aryl methyl sites for hydroxylation is 1. The third kappa shape index (κ3) is 6.20. The Bertz CT molecular complexity index is 632. The summed E-state index contributed by atoms with van der Waals surface area (Å²) in [7, 11) is 0. The number of nitrogens with zero attached hydrogens (tertiary/aromatic N) is 2. The van der Waals surface area contributed by atoms with Crippen LogP contribution in [0.4, 0.5) is 5.69 Å². The summed E-state index contributed by atoms with van der Waals surface area (Å²) >= 11 is 7.53. The number of halogens is 1. The van der Waals surface area contributed by atoms with Crippen molar-refractivity contribution in [1.29, 1.82) is 0 Å². The van der Waals surface area contributed by atoms with E-state index in [1.807, 2.05) is 45.0 Å². The van der Waals surface area contributed by atoms with Crippen LogP contribution < -0.4 is 5.32 Å². The highest BCUT2D eigenvalue weighted by atomic mass is 35.5. The summed E-state index contributed by atoms with van der Waals surface area (Å²) in [5.74, 6) is 0.574. The number of carbonyl (C=O) groups excluding carboxylic acids is 1. The first-order valence-corrected chi connectivity index (χ1v) is 9.00. The Kier molecular flexibility index (Phi) is 8.66. The van der Waals surface area contributed by atoms with Gasteiger partial charge in [0, 0.05) is 11.4 Å². The van der Waals surface area contributed by atoms with Gasteiger partial charge in [-0.05, 0) is 25.5 Å². The zero-order valence-electron chi connectivity index (χ0n) is 13.9. The first kappa shape index (κ1) is 19.5. The average molecular weight is 352 g/mol. The van der Waals surface area contributed by atoms with Crippen molar-refractivity contribution in [3.63, 3.8) is 0 Å². The molecule has 0 bridgehead atoms. The van der Waals surface area contributed by atoms with Gasteiger partial charge in [-0.3, -0.25) is 4.79 Å². The lowest BCUT2D eigenvalue weighted by Crippen LogP contribution is -2.15. The normalized spacial score (nSPS) is 9.78. The molecule has 1 amide bonds. The molecule has 2 rings (SSSR count). The molecule has 1 aromatic carbocycles. The zero-order valence-corrected chi connectivity index (χ0v) is 15.5. The summed E-state index contributed by atoms with van der Waals surface area (Å²) in [6, 6.07) is 7.55. The van der Waals surface area contributed by atoms with Crippen LogP contribution in [0, 0.1) is 6.92 Å². The Morgan fingerprint density at radius 1 is 1.26 bits per heavy atom. The molecule has 0 spiro atoms. The fourth-order valence-electron chi connectivity index (χ4n) is 1.60. The molecule has 0 saturated heterocycles. The molecule has 0 aliphatic carbocycles. The monoisotopic (exact) mass is 351 g/mol. The van der Waals surface area contributed by atoms with Crippen LogP contribution in [0.2, 0.25) is 5.02 Å². The van der Waals surface area contributed by atoms with Crippen LogP contribution in [0.3, 0.4) is 0 Å². The molecule has 23 heavy (non-hydrogen) atoms. The van der Waals surface area contributed by atoms with E-state index in [0.717, 1.165) is 17.7 Å². The van der Waals surface area contributed by atoms with E-state index in [2.05, 4.69) is 22.2 Å². The molecular weight excluding hydrogens is 330 g/mol. The molecule has 0 aliphatic heterocycles. The molecule has 0 fully saturated rings. The van der Waals surface area contributed by atoms with Gasteiger partial charge in [0.05, 0.1) is 11.2 Å². The highest BCUT2D eigenvalue weighted by Gasteiger charge is 2.14. The predicted molar refractivity (Wildman–Crippen MR) is 98.5 cm³/mol. The second-order valence-corrected chi connectivity index (χ2v) is 5.99. The molecule has 1 heterocycles. The lowest BCUT2D eigenvalue weighted by molar-refractivity contribution is 0.102. The molecule has 6 heteroatoms. The number of carbonyl (C=O) groups is 1. The van der Waals surface area contributed by atoms with Gasteiger partial charge in [0.15, 0.2) is 10.9 Å². The molecule has 1 aromatic heterocycles. The van der Waals surface area contributed by atoms with E-state index in [1.165, 1.54) is 18.0 Å². The van der Waals surface area contributed by atoms with Crippen molar-refractivity contribution in [2.75, 3.05) is 11.1 Å². The number of amides is 1. The van der Waals surface area contributed by atoms with Gasteiger partial charge in [-0.2, -0.15) is 0 Å². The van der Waals surface area contributed by atoms with Crippen LogP contribution >= 0.6 is 23.4 Å². The van der Waals surface area contributed by atoms with Crippen LogP contribution in [0.25, 0.3) is 0 Å². The van der Waals surface area contributed by atoms with Crippen molar-refractivity contribution >= 4 is 35.0 Å². The SMILES string of the molecule is CC.CCCSc1ncc(Cl)c(C(=O)Nc2ccc(C)cc2)n1. The summed E-state index contributed by atoms with van der Waals surface area (Å²) in [4.78, 5) is 20.6. The molecule has 1 N–H and O–H groups in total. The second kappa shape index (κ2) is 10.2. The van der Waals surface area contributed by atoms with Crippen LogP contribution in [0.15, 0.2) is 35.6 Å². The minimum atomic E-state index is -0.329. The summed E-state index contributed by atoms with van der Waals surface area (Å²) in [6.07, 6.45) is 2.48. The van der Waals surface area contributed by atoms with Crippen LogP contribution in [-0.4, -0.2) is 21.6 Å². The van der Waals surface area contributed by atoms with Crippen molar-refractivity contribution < 1.29 is 4.79 Å². The Hall–Kier alpha value is -1.59. The molecule has 0 atom stereocenters. The van der Waals surface area contributed by atoms with E-state index < -0.39 is 0 Å². The number of anilines is 1. The Labute approximate surface area is 147 Å². The van der Waals surface area contributed by atoms with E-state index in [9.17, 15) is 4.79 Å². The van der Waals surface area contributed by atoms with Crippen LogP contribution in [0.5, 0.6) is 0 Å². The molecule has 4 nitrogen and oxygen atoms in total. The summed E-state index contributed by atoms with van der Waals surface area (Å²) in [5.41, 5.74) is 2.04. The maximum Gasteiger partial charge on any atom is 0.275 e. The van der Waals surface area contributed by atoms with Gasteiger partial charge in [-0.1, -0.05) is 61.8 Å². The van der Waals surface area contributed by atoms with E-state index in [0.29, 0.717) is 10.8 Å². The minimum Gasteiger partial charge on any atom is -0.321 e. The molecular formula is C17H22ClN3OS. The van der Waals surface area contributed by atoms with E-state index in [4.69, 9.17) is 11.6 Å². The molecule has 2 aromatic rings. The minimum absolute atomic E-state index is 0.200. The molecule has 0 saturated carbocycles.